The molecule has 1 unspecified atom stereocenters. The Balaban J connectivity index is 2.34. The van der Waals surface area contributed by atoms with Gasteiger partial charge in [0.05, 0.1) is 15.1 Å². The van der Waals surface area contributed by atoms with Gasteiger partial charge in [-0.3, -0.25) is 0 Å². The molecule has 0 saturated carbocycles. The zero-order valence-electron chi connectivity index (χ0n) is 10.8. The van der Waals surface area contributed by atoms with Crippen LogP contribution in [0.5, 0.6) is 0 Å². The van der Waals surface area contributed by atoms with Gasteiger partial charge in [0.15, 0.2) is 0 Å². The predicted molar refractivity (Wildman–Crippen MR) is 83.4 cm³/mol. The summed E-state index contributed by atoms with van der Waals surface area (Å²) in [6, 6.07) is 10.1. The summed E-state index contributed by atoms with van der Waals surface area (Å²) < 4.78 is 13.5. The number of nitrogens with one attached hydrogen (secondary N) is 1. The van der Waals surface area contributed by atoms with Crippen molar-refractivity contribution in [1.82, 2.24) is 5.32 Å². The molecule has 0 heterocycles. The second-order valence-electron chi connectivity index (χ2n) is 4.40. The summed E-state index contributed by atoms with van der Waals surface area (Å²) >= 11 is 18.2. The van der Waals surface area contributed by atoms with Gasteiger partial charge >= 0.3 is 0 Å². The fourth-order valence-electron chi connectivity index (χ4n) is 2.08. The van der Waals surface area contributed by atoms with E-state index >= 15 is 0 Å². The average molecular weight is 333 g/mol. The maximum absolute atomic E-state index is 13.5. The molecule has 0 aliphatic carbocycles. The van der Waals surface area contributed by atoms with Crippen LogP contribution in [0.25, 0.3) is 0 Å². The summed E-state index contributed by atoms with van der Waals surface area (Å²) in [6.07, 6.45) is 0.521. The summed E-state index contributed by atoms with van der Waals surface area (Å²) in [5.41, 5.74) is 1.59. The molecule has 0 aliphatic heterocycles. The second-order valence-corrected chi connectivity index (χ2v) is 5.56. The Morgan fingerprint density at radius 3 is 2.45 bits per heavy atom. The molecule has 0 spiro atoms. The van der Waals surface area contributed by atoms with Gasteiger partial charge in [-0.25, -0.2) is 4.39 Å². The van der Waals surface area contributed by atoms with E-state index in [2.05, 4.69) is 5.32 Å². The van der Waals surface area contributed by atoms with Crippen LogP contribution in [0.1, 0.15) is 17.2 Å². The largest absolute Gasteiger partial charge is 0.313 e. The molecule has 0 bridgehead atoms. The highest BCUT2D eigenvalue weighted by molar-refractivity contribution is 6.42. The summed E-state index contributed by atoms with van der Waals surface area (Å²) in [4.78, 5) is 0. The minimum Gasteiger partial charge on any atom is -0.313 e. The molecule has 1 atom stereocenters. The zero-order valence-corrected chi connectivity index (χ0v) is 13.0. The number of halogens is 4. The summed E-state index contributed by atoms with van der Waals surface area (Å²) in [5, 5.41) is 4.30. The summed E-state index contributed by atoms with van der Waals surface area (Å²) in [5.74, 6) is -0.420. The molecular formula is C15H13Cl3FN. The van der Waals surface area contributed by atoms with E-state index in [1.54, 1.807) is 18.2 Å². The molecule has 0 aromatic heterocycles. The van der Waals surface area contributed by atoms with Gasteiger partial charge in [-0.1, -0.05) is 59.1 Å². The molecule has 0 aliphatic rings. The van der Waals surface area contributed by atoms with Crippen LogP contribution in [0.3, 0.4) is 0 Å². The van der Waals surface area contributed by atoms with E-state index in [0.29, 0.717) is 16.5 Å². The quantitative estimate of drug-likeness (QED) is 0.802. The Hall–Kier alpha value is -0.800. The van der Waals surface area contributed by atoms with Crippen molar-refractivity contribution < 1.29 is 4.39 Å². The highest BCUT2D eigenvalue weighted by atomic mass is 35.5. The van der Waals surface area contributed by atoms with Gasteiger partial charge in [0.1, 0.15) is 5.82 Å². The van der Waals surface area contributed by atoms with Crippen LogP contribution < -0.4 is 5.32 Å². The van der Waals surface area contributed by atoms with E-state index in [9.17, 15) is 4.39 Å². The van der Waals surface area contributed by atoms with Crippen molar-refractivity contribution in [2.75, 3.05) is 7.05 Å². The monoisotopic (exact) mass is 331 g/mol. The Morgan fingerprint density at radius 2 is 1.75 bits per heavy atom. The third-order valence-corrected chi connectivity index (χ3v) is 4.42. The maximum Gasteiger partial charge on any atom is 0.142 e. The first-order chi connectivity index (χ1) is 9.54. The van der Waals surface area contributed by atoms with Crippen molar-refractivity contribution >= 4 is 34.8 Å². The Labute approximate surface area is 132 Å². The number of hydrogen-bond donors (Lipinski definition) is 1. The minimum atomic E-state index is -0.420. The lowest BCUT2D eigenvalue weighted by atomic mass is 9.99. The van der Waals surface area contributed by atoms with E-state index in [1.165, 1.54) is 6.07 Å². The van der Waals surface area contributed by atoms with Crippen molar-refractivity contribution in [1.29, 1.82) is 0 Å². The van der Waals surface area contributed by atoms with E-state index in [-0.39, 0.29) is 11.1 Å². The van der Waals surface area contributed by atoms with Gasteiger partial charge in [-0.15, -0.1) is 0 Å². The maximum atomic E-state index is 13.5. The Morgan fingerprint density at radius 1 is 1.05 bits per heavy atom. The van der Waals surface area contributed by atoms with Crippen LogP contribution in [0.4, 0.5) is 4.39 Å². The molecule has 2 rings (SSSR count). The standard InChI is InChI=1S/C15H13Cl3FN/c1-20-13(10-5-3-6-11(16)15(10)18)8-9-4-2-7-12(19)14(9)17/h2-7,13,20H,8H2,1H3. The fraction of sp³-hybridized carbons (Fsp3) is 0.200. The number of hydrogen-bond acceptors (Lipinski definition) is 1. The molecule has 2 aromatic carbocycles. The van der Waals surface area contributed by atoms with Crippen molar-refractivity contribution in [2.24, 2.45) is 0 Å². The lowest BCUT2D eigenvalue weighted by Gasteiger charge is -2.19. The highest BCUT2D eigenvalue weighted by Gasteiger charge is 2.17. The van der Waals surface area contributed by atoms with Crippen LogP contribution in [0.2, 0.25) is 15.1 Å². The zero-order chi connectivity index (χ0) is 14.7. The van der Waals surface area contributed by atoms with Crippen molar-refractivity contribution in [3.05, 3.63) is 68.4 Å². The molecule has 0 fully saturated rings. The third-order valence-electron chi connectivity index (χ3n) is 3.16. The molecule has 5 heteroatoms. The van der Waals surface area contributed by atoms with Gasteiger partial charge in [0, 0.05) is 6.04 Å². The van der Waals surface area contributed by atoms with Gasteiger partial charge in [-0.2, -0.15) is 0 Å². The summed E-state index contributed by atoms with van der Waals surface area (Å²) in [6.45, 7) is 0. The first kappa shape index (κ1) is 15.6. The van der Waals surface area contributed by atoms with Crippen LogP contribution in [0.15, 0.2) is 36.4 Å². The fourth-order valence-corrected chi connectivity index (χ4v) is 2.73. The smallest absolute Gasteiger partial charge is 0.142 e. The summed E-state index contributed by atoms with van der Waals surface area (Å²) in [7, 11) is 1.81. The molecule has 2 aromatic rings. The van der Waals surface area contributed by atoms with Crippen LogP contribution >= 0.6 is 34.8 Å². The first-order valence-corrected chi connectivity index (χ1v) is 7.22. The third kappa shape index (κ3) is 3.26. The van der Waals surface area contributed by atoms with E-state index in [4.69, 9.17) is 34.8 Å². The molecule has 106 valence electrons. The predicted octanol–water partition coefficient (Wildman–Crippen LogP) is 5.29. The van der Waals surface area contributed by atoms with Crippen molar-refractivity contribution in [3.63, 3.8) is 0 Å². The number of rotatable bonds is 4. The number of likely N-dealkylation sites (N-methyl/N-ethyl adjacent to an activating group) is 1. The number of benzene rings is 2. The van der Waals surface area contributed by atoms with Crippen molar-refractivity contribution in [2.45, 2.75) is 12.5 Å². The molecule has 0 radical (unpaired) electrons. The van der Waals surface area contributed by atoms with Crippen LogP contribution in [0, 0.1) is 5.82 Å². The SMILES string of the molecule is CNC(Cc1cccc(F)c1Cl)c1cccc(Cl)c1Cl. The van der Waals surface area contributed by atoms with E-state index < -0.39 is 5.82 Å². The normalized spacial score (nSPS) is 12.4. The first-order valence-electron chi connectivity index (χ1n) is 6.08. The Kier molecular flexibility index (Phi) is 5.28. The van der Waals surface area contributed by atoms with E-state index in [0.717, 1.165) is 11.1 Å². The highest BCUT2D eigenvalue weighted by Crippen LogP contribution is 2.32. The molecule has 1 N–H and O–H groups in total. The minimum absolute atomic E-state index is 0.0968. The topological polar surface area (TPSA) is 12.0 Å². The van der Waals surface area contributed by atoms with Gasteiger partial charge in [0.2, 0.25) is 0 Å². The molecular weight excluding hydrogens is 320 g/mol. The van der Waals surface area contributed by atoms with Crippen LogP contribution in [-0.2, 0) is 6.42 Å². The van der Waals surface area contributed by atoms with Gasteiger partial charge in [0.25, 0.3) is 0 Å². The lowest BCUT2D eigenvalue weighted by Crippen LogP contribution is -2.19. The molecule has 1 nitrogen and oxygen atoms in total. The second kappa shape index (κ2) is 6.77. The van der Waals surface area contributed by atoms with Gasteiger partial charge in [-0.05, 0) is 36.7 Å². The molecule has 0 amide bonds. The molecule has 0 saturated heterocycles. The average Bonchev–Trinajstić information content (AvgIpc) is 2.44. The van der Waals surface area contributed by atoms with Gasteiger partial charge < -0.3 is 5.32 Å². The molecule has 20 heavy (non-hydrogen) atoms. The Bertz CT molecular complexity index is 616. The van der Waals surface area contributed by atoms with Crippen molar-refractivity contribution in [3.8, 4) is 0 Å². The van der Waals surface area contributed by atoms with Crippen LogP contribution in [-0.4, -0.2) is 7.05 Å². The van der Waals surface area contributed by atoms with E-state index in [1.807, 2.05) is 19.2 Å². The lowest BCUT2D eigenvalue weighted by molar-refractivity contribution is 0.584.